The van der Waals surface area contributed by atoms with Crippen molar-refractivity contribution in [2.45, 2.75) is 52.4 Å². The van der Waals surface area contributed by atoms with E-state index < -0.39 is 11.6 Å². The predicted molar refractivity (Wildman–Crippen MR) is 123 cm³/mol. The number of hydrogen-bond acceptors (Lipinski definition) is 2. The van der Waals surface area contributed by atoms with Gasteiger partial charge < -0.3 is 0 Å². The molecule has 0 atom stereocenters. The molecule has 0 aliphatic heterocycles. The van der Waals surface area contributed by atoms with E-state index in [0.717, 1.165) is 27.8 Å². The Hall–Kier alpha value is -3.00. The lowest BCUT2D eigenvalue weighted by Crippen LogP contribution is -2.22. The molecule has 152 valence electrons. The second-order valence-electron chi connectivity index (χ2n) is 10.3. The van der Waals surface area contributed by atoms with Crippen LogP contribution in [-0.2, 0) is 10.8 Å². The monoisotopic (exact) mass is 396 g/mol. The van der Waals surface area contributed by atoms with Crippen molar-refractivity contribution in [2.75, 3.05) is 0 Å². The van der Waals surface area contributed by atoms with Crippen LogP contribution in [0.2, 0.25) is 0 Å². The van der Waals surface area contributed by atoms with Gasteiger partial charge in [0.1, 0.15) is 0 Å². The van der Waals surface area contributed by atoms with Gasteiger partial charge in [-0.3, -0.25) is 9.59 Å². The summed E-state index contributed by atoms with van der Waals surface area (Å²) in [4.78, 5) is 25.4. The molecule has 0 aromatic heterocycles. The standard InChI is InChI=1S/C28H28O2/c1-27(2,3)19-10-7-17(8-11-19)18-9-13-21-23(15-18)24-16-20(28(4,5)6)12-14-22(24)26(30)25(21)29/h7-16H,1-6H3. The van der Waals surface area contributed by atoms with Gasteiger partial charge in [0.15, 0.2) is 0 Å². The molecule has 0 heterocycles. The molecule has 0 fully saturated rings. The largest absolute Gasteiger partial charge is 0.285 e. The lowest BCUT2D eigenvalue weighted by Gasteiger charge is -2.24. The maximum Gasteiger partial charge on any atom is 0.234 e. The summed E-state index contributed by atoms with van der Waals surface area (Å²) in [5.74, 6) is -0.837. The van der Waals surface area contributed by atoms with Crippen LogP contribution in [0.5, 0.6) is 0 Å². The zero-order chi connectivity index (χ0) is 21.8. The molecule has 2 heteroatoms. The van der Waals surface area contributed by atoms with Crippen molar-refractivity contribution in [1.82, 2.24) is 0 Å². The Morgan fingerprint density at radius 2 is 0.900 bits per heavy atom. The van der Waals surface area contributed by atoms with Gasteiger partial charge in [-0.1, -0.05) is 77.9 Å². The first kappa shape index (κ1) is 20.3. The van der Waals surface area contributed by atoms with E-state index in [4.69, 9.17) is 0 Å². The number of Topliss-reactive ketones (excluding diaryl/α,β-unsaturated/α-hetero) is 2. The molecule has 0 N–H and O–H groups in total. The van der Waals surface area contributed by atoms with Crippen molar-refractivity contribution < 1.29 is 9.59 Å². The van der Waals surface area contributed by atoms with Gasteiger partial charge in [-0.25, -0.2) is 0 Å². The lowest BCUT2D eigenvalue weighted by atomic mass is 9.78. The quantitative estimate of drug-likeness (QED) is 0.415. The highest BCUT2D eigenvalue weighted by atomic mass is 16.2. The van der Waals surface area contributed by atoms with Gasteiger partial charge in [-0.05, 0) is 68.5 Å². The highest BCUT2D eigenvalue weighted by Crippen LogP contribution is 2.39. The van der Waals surface area contributed by atoms with Gasteiger partial charge in [-0.15, -0.1) is 0 Å². The summed E-state index contributed by atoms with van der Waals surface area (Å²) in [6.07, 6.45) is 0. The molecular weight excluding hydrogens is 368 g/mol. The van der Waals surface area contributed by atoms with E-state index in [2.05, 4.69) is 77.9 Å². The van der Waals surface area contributed by atoms with Crippen molar-refractivity contribution >= 4 is 11.6 Å². The van der Waals surface area contributed by atoms with Crippen LogP contribution in [0.25, 0.3) is 22.3 Å². The Kier molecular flexibility index (Phi) is 4.58. The Labute approximate surface area is 179 Å². The van der Waals surface area contributed by atoms with Crippen LogP contribution in [0.1, 0.15) is 73.4 Å². The first-order valence-electron chi connectivity index (χ1n) is 10.5. The average molecular weight is 397 g/mol. The molecule has 4 rings (SSSR count). The van der Waals surface area contributed by atoms with Gasteiger partial charge in [0.25, 0.3) is 0 Å². The molecule has 0 saturated carbocycles. The molecule has 0 amide bonds. The number of carbonyl (C=O) groups is 2. The van der Waals surface area contributed by atoms with Crippen LogP contribution in [0.4, 0.5) is 0 Å². The van der Waals surface area contributed by atoms with E-state index in [1.807, 2.05) is 18.2 Å². The third-order valence-corrected chi connectivity index (χ3v) is 5.98. The Balaban J connectivity index is 1.87. The van der Waals surface area contributed by atoms with Gasteiger partial charge >= 0.3 is 0 Å². The van der Waals surface area contributed by atoms with Crippen molar-refractivity contribution in [3.63, 3.8) is 0 Å². The van der Waals surface area contributed by atoms with E-state index in [-0.39, 0.29) is 10.8 Å². The van der Waals surface area contributed by atoms with Crippen LogP contribution in [0.3, 0.4) is 0 Å². The van der Waals surface area contributed by atoms with Crippen molar-refractivity contribution in [3.8, 4) is 22.3 Å². The number of hydrogen-bond donors (Lipinski definition) is 0. The number of carbonyl (C=O) groups excluding carboxylic acids is 2. The van der Waals surface area contributed by atoms with E-state index in [1.165, 1.54) is 5.56 Å². The van der Waals surface area contributed by atoms with Crippen LogP contribution < -0.4 is 0 Å². The Morgan fingerprint density at radius 1 is 0.467 bits per heavy atom. The molecule has 0 spiro atoms. The van der Waals surface area contributed by atoms with E-state index in [0.29, 0.717) is 11.1 Å². The second-order valence-corrected chi connectivity index (χ2v) is 10.3. The highest BCUT2D eigenvalue weighted by molar-refractivity contribution is 6.53. The van der Waals surface area contributed by atoms with Crippen molar-refractivity contribution in [2.24, 2.45) is 0 Å². The summed E-state index contributed by atoms with van der Waals surface area (Å²) in [5.41, 5.74) is 7.33. The summed E-state index contributed by atoms with van der Waals surface area (Å²) in [5, 5.41) is 0. The van der Waals surface area contributed by atoms with Gasteiger partial charge in [0.05, 0.1) is 0 Å². The fourth-order valence-electron chi connectivity index (χ4n) is 3.98. The molecular formula is C28H28O2. The van der Waals surface area contributed by atoms with E-state index >= 15 is 0 Å². The second kappa shape index (κ2) is 6.77. The number of benzene rings is 3. The van der Waals surface area contributed by atoms with E-state index in [1.54, 1.807) is 6.07 Å². The first-order chi connectivity index (χ1) is 14.0. The predicted octanol–water partition coefficient (Wildman–Crippen LogP) is 6.99. The van der Waals surface area contributed by atoms with Crippen LogP contribution in [0.15, 0.2) is 60.7 Å². The Morgan fingerprint density at radius 3 is 1.43 bits per heavy atom. The highest BCUT2D eigenvalue weighted by Gasteiger charge is 2.31. The maximum absolute atomic E-state index is 12.7. The smallest absolute Gasteiger partial charge is 0.234 e. The molecule has 0 radical (unpaired) electrons. The third-order valence-electron chi connectivity index (χ3n) is 5.98. The molecule has 2 nitrogen and oxygen atoms in total. The normalized spacial score (nSPS) is 13.8. The summed E-state index contributed by atoms with van der Waals surface area (Å²) < 4.78 is 0. The summed E-state index contributed by atoms with van der Waals surface area (Å²) >= 11 is 0. The molecule has 1 aliphatic rings. The van der Waals surface area contributed by atoms with Crippen LogP contribution in [-0.4, -0.2) is 11.6 Å². The minimum absolute atomic E-state index is 0.0416. The fourth-order valence-corrected chi connectivity index (χ4v) is 3.98. The summed E-state index contributed by atoms with van der Waals surface area (Å²) in [6.45, 7) is 13.1. The molecule has 3 aromatic carbocycles. The molecule has 0 bridgehead atoms. The van der Waals surface area contributed by atoms with Crippen LogP contribution in [0, 0.1) is 0 Å². The maximum atomic E-state index is 12.7. The number of ketones is 2. The van der Waals surface area contributed by atoms with Crippen molar-refractivity contribution in [1.29, 1.82) is 0 Å². The lowest BCUT2D eigenvalue weighted by molar-refractivity contribution is 0.0815. The molecule has 3 aromatic rings. The van der Waals surface area contributed by atoms with Gasteiger partial charge in [0, 0.05) is 11.1 Å². The molecule has 0 unspecified atom stereocenters. The fraction of sp³-hybridized carbons (Fsp3) is 0.286. The minimum Gasteiger partial charge on any atom is -0.285 e. The topological polar surface area (TPSA) is 34.1 Å². The van der Waals surface area contributed by atoms with E-state index in [9.17, 15) is 9.59 Å². The van der Waals surface area contributed by atoms with Gasteiger partial charge in [0.2, 0.25) is 11.6 Å². The summed E-state index contributed by atoms with van der Waals surface area (Å²) in [7, 11) is 0. The Bertz CT molecular complexity index is 1170. The van der Waals surface area contributed by atoms with Crippen LogP contribution >= 0.6 is 0 Å². The zero-order valence-corrected chi connectivity index (χ0v) is 18.6. The molecule has 1 aliphatic carbocycles. The van der Waals surface area contributed by atoms with Crippen molar-refractivity contribution in [3.05, 3.63) is 82.9 Å². The third kappa shape index (κ3) is 3.41. The number of rotatable bonds is 1. The zero-order valence-electron chi connectivity index (χ0n) is 18.6. The average Bonchev–Trinajstić information content (AvgIpc) is 2.70. The van der Waals surface area contributed by atoms with Gasteiger partial charge in [-0.2, -0.15) is 0 Å². The summed E-state index contributed by atoms with van der Waals surface area (Å²) in [6, 6.07) is 20.2. The number of fused-ring (bicyclic) bond motifs is 3. The minimum atomic E-state index is -0.421. The molecule has 0 saturated heterocycles. The SMILES string of the molecule is CC(C)(C)c1ccc(-c2ccc3c(c2)-c2cc(C(C)(C)C)ccc2C(=O)C3=O)cc1. The first-order valence-corrected chi connectivity index (χ1v) is 10.5. The molecule has 30 heavy (non-hydrogen) atoms.